The Labute approximate surface area is 294 Å². The van der Waals surface area contributed by atoms with Crippen molar-refractivity contribution in [3.63, 3.8) is 0 Å². The first-order chi connectivity index (χ1) is 24.7. The molecule has 0 saturated heterocycles. The van der Waals surface area contributed by atoms with Crippen LogP contribution in [-0.4, -0.2) is 9.13 Å². The molecule has 10 aromatic rings. The van der Waals surface area contributed by atoms with E-state index in [-0.39, 0.29) is 0 Å². The van der Waals surface area contributed by atoms with Gasteiger partial charge in [-0.25, -0.2) is 0 Å². The van der Waals surface area contributed by atoms with Crippen LogP contribution in [0.3, 0.4) is 0 Å². The Balaban J connectivity index is 1.26. The number of fused-ring (bicyclic) bond motifs is 9. The lowest BCUT2D eigenvalue weighted by molar-refractivity contribution is 1.18. The lowest BCUT2D eigenvalue weighted by Crippen LogP contribution is -1.95. The third-order valence-electron chi connectivity index (χ3n) is 10.2. The molecule has 0 radical (unpaired) electrons. The van der Waals surface area contributed by atoms with Gasteiger partial charge in [0.25, 0.3) is 0 Å². The zero-order valence-electron chi connectivity index (χ0n) is 27.6. The fraction of sp³-hybridized carbons (Fsp3) is 0.0213. The van der Waals surface area contributed by atoms with Gasteiger partial charge < -0.3 is 9.13 Å². The van der Waals surface area contributed by atoms with Crippen LogP contribution in [0.15, 0.2) is 158 Å². The predicted octanol–water partition coefficient (Wildman–Crippen LogP) is 13.6. The van der Waals surface area contributed by atoms with E-state index in [4.69, 9.17) is 0 Å². The van der Waals surface area contributed by atoms with Gasteiger partial charge in [0.05, 0.1) is 32.5 Å². The van der Waals surface area contributed by atoms with Crippen molar-refractivity contribution in [1.29, 1.82) is 0 Å². The Hall–Kier alpha value is -6.16. The minimum Gasteiger partial charge on any atom is -0.309 e. The summed E-state index contributed by atoms with van der Waals surface area (Å²) in [5.74, 6) is 0. The number of allylic oxidation sites excluding steroid dienone is 1. The normalized spacial score (nSPS) is 12.1. The van der Waals surface area contributed by atoms with E-state index in [1.54, 1.807) is 0 Å². The second-order valence-electron chi connectivity index (χ2n) is 12.9. The van der Waals surface area contributed by atoms with Crippen LogP contribution in [0.2, 0.25) is 0 Å². The molecule has 0 spiro atoms. The Morgan fingerprint density at radius 2 is 1.18 bits per heavy atom. The fourth-order valence-electron chi connectivity index (χ4n) is 8.02. The predicted molar refractivity (Wildman–Crippen MR) is 218 cm³/mol. The van der Waals surface area contributed by atoms with Gasteiger partial charge in [0, 0.05) is 42.9 Å². The van der Waals surface area contributed by atoms with E-state index in [9.17, 15) is 0 Å². The highest BCUT2D eigenvalue weighted by Gasteiger charge is 2.21. The number of nitrogens with zero attached hydrogens (tertiary/aromatic N) is 2. The fourth-order valence-corrected chi connectivity index (χ4v) is 9.33. The minimum atomic E-state index is 1.17. The van der Waals surface area contributed by atoms with Crippen LogP contribution in [0, 0.1) is 0 Å². The molecular formula is C47H32N2S. The second kappa shape index (κ2) is 11.2. The summed E-state index contributed by atoms with van der Waals surface area (Å²) in [6.45, 7) is 6.29. The molecule has 3 aromatic heterocycles. The average Bonchev–Trinajstić information content (AvgIpc) is 3.81. The third-order valence-corrected chi connectivity index (χ3v) is 11.4. The Bertz CT molecular complexity index is 3000. The lowest BCUT2D eigenvalue weighted by Gasteiger charge is -2.12. The molecule has 0 aliphatic heterocycles. The van der Waals surface area contributed by atoms with Crippen molar-refractivity contribution in [3.05, 3.63) is 169 Å². The molecule has 7 aromatic carbocycles. The van der Waals surface area contributed by atoms with E-state index in [0.717, 1.165) is 0 Å². The van der Waals surface area contributed by atoms with E-state index in [1.807, 2.05) is 17.4 Å². The smallest absolute Gasteiger partial charge is 0.0720 e. The first-order valence-corrected chi connectivity index (χ1v) is 17.9. The molecule has 0 atom stereocenters. The number of benzene rings is 7. The van der Waals surface area contributed by atoms with Crippen molar-refractivity contribution in [1.82, 2.24) is 9.13 Å². The monoisotopic (exact) mass is 656 g/mol. The van der Waals surface area contributed by atoms with Crippen molar-refractivity contribution in [3.8, 4) is 22.5 Å². The van der Waals surface area contributed by atoms with Gasteiger partial charge in [-0.3, -0.25) is 0 Å². The van der Waals surface area contributed by atoms with Gasteiger partial charge in [-0.2, -0.15) is 0 Å². The molecule has 0 N–H and O–H groups in total. The highest BCUT2D eigenvalue weighted by atomic mass is 32.1. The number of hydrogen-bond donors (Lipinski definition) is 0. The Morgan fingerprint density at radius 1 is 0.540 bits per heavy atom. The summed E-state index contributed by atoms with van der Waals surface area (Å²) in [6.07, 6.45) is 6.34. The van der Waals surface area contributed by atoms with E-state index in [1.165, 1.54) is 97.4 Å². The molecule has 0 aliphatic rings. The summed E-state index contributed by atoms with van der Waals surface area (Å²) >= 11 is 1.85. The molecule has 0 bridgehead atoms. The minimum absolute atomic E-state index is 1.17. The molecule has 0 fully saturated rings. The van der Waals surface area contributed by atoms with E-state index in [0.29, 0.717) is 0 Å². The topological polar surface area (TPSA) is 9.86 Å². The highest BCUT2D eigenvalue weighted by Crippen LogP contribution is 2.45. The zero-order valence-corrected chi connectivity index (χ0v) is 28.4. The van der Waals surface area contributed by atoms with Gasteiger partial charge in [0.15, 0.2) is 0 Å². The van der Waals surface area contributed by atoms with Crippen molar-refractivity contribution >= 4 is 88.0 Å². The lowest BCUT2D eigenvalue weighted by atomic mass is 10.00. The maximum atomic E-state index is 4.21. The van der Waals surface area contributed by atoms with Crippen LogP contribution >= 0.6 is 11.3 Å². The van der Waals surface area contributed by atoms with Gasteiger partial charge in [0.1, 0.15) is 0 Å². The number of aromatic nitrogens is 2. The average molecular weight is 657 g/mol. The number of thiophene rings is 1. The van der Waals surface area contributed by atoms with Crippen LogP contribution < -0.4 is 0 Å². The van der Waals surface area contributed by atoms with Crippen molar-refractivity contribution in [2.75, 3.05) is 0 Å². The first kappa shape index (κ1) is 28.8. The molecule has 0 amide bonds. The third kappa shape index (κ3) is 4.14. The van der Waals surface area contributed by atoms with E-state index >= 15 is 0 Å². The Morgan fingerprint density at radius 3 is 1.96 bits per heavy atom. The highest BCUT2D eigenvalue weighted by molar-refractivity contribution is 7.21. The second-order valence-corrected chi connectivity index (χ2v) is 14.0. The standard InChI is InChI=1S/C47H32N2S/c1-3-13-45-34(4-2)38-25-24-37-40-29-32(23-27-44(40)49(46(37)47(38)50-45)41-21-12-15-30-14-8-9-18-35(30)41)31-22-26-43-39(28-31)36-19-10-11-20-42(36)48(43)33-16-6-5-7-17-33/h3-29H,2H2,1H3/b13-3-. The molecule has 0 unspecified atom stereocenters. The molecule has 3 heteroatoms. The van der Waals surface area contributed by atoms with Crippen molar-refractivity contribution in [2.24, 2.45) is 0 Å². The molecule has 0 aliphatic carbocycles. The largest absolute Gasteiger partial charge is 0.309 e. The number of rotatable bonds is 5. The van der Waals surface area contributed by atoms with Crippen LogP contribution in [-0.2, 0) is 0 Å². The van der Waals surface area contributed by atoms with Crippen LogP contribution in [0.5, 0.6) is 0 Å². The summed E-state index contributed by atoms with van der Waals surface area (Å²) in [6, 6.07) is 53.3. The van der Waals surface area contributed by atoms with Crippen LogP contribution in [0.1, 0.15) is 17.4 Å². The maximum Gasteiger partial charge on any atom is 0.0720 e. The van der Waals surface area contributed by atoms with E-state index < -0.39 is 0 Å². The maximum absolute atomic E-state index is 4.21. The molecular weight excluding hydrogens is 625 g/mol. The molecule has 236 valence electrons. The zero-order chi connectivity index (χ0) is 33.3. The molecule has 10 rings (SSSR count). The quantitative estimate of drug-likeness (QED) is 0.174. The molecule has 50 heavy (non-hydrogen) atoms. The number of hydrogen-bond acceptors (Lipinski definition) is 1. The summed E-state index contributed by atoms with van der Waals surface area (Å²) in [5, 5.41) is 8.75. The van der Waals surface area contributed by atoms with Gasteiger partial charge in [-0.05, 0) is 83.6 Å². The summed E-state index contributed by atoms with van der Waals surface area (Å²) in [5.41, 5.74) is 10.9. The first-order valence-electron chi connectivity index (χ1n) is 17.1. The Kier molecular flexibility index (Phi) is 6.45. The van der Waals surface area contributed by atoms with Gasteiger partial charge in [-0.15, -0.1) is 11.3 Å². The van der Waals surface area contributed by atoms with Crippen LogP contribution in [0.25, 0.3) is 99.1 Å². The molecule has 0 saturated carbocycles. The molecule has 3 heterocycles. The molecule has 2 nitrogen and oxygen atoms in total. The van der Waals surface area contributed by atoms with Gasteiger partial charge in [0.2, 0.25) is 0 Å². The van der Waals surface area contributed by atoms with E-state index in [2.05, 4.69) is 180 Å². The SMILES string of the molecule is C=Cc1c(/C=C\C)sc2c1ccc1c3cc(-c4ccc5c(c4)c4ccccc4n5-c4ccccc4)ccc3n(-c3cccc4ccccc34)c12. The summed E-state index contributed by atoms with van der Waals surface area (Å²) in [7, 11) is 0. The van der Waals surface area contributed by atoms with Gasteiger partial charge >= 0.3 is 0 Å². The van der Waals surface area contributed by atoms with Gasteiger partial charge in [-0.1, -0.05) is 116 Å². The van der Waals surface area contributed by atoms with Crippen LogP contribution in [0.4, 0.5) is 0 Å². The summed E-state index contributed by atoms with van der Waals surface area (Å²) < 4.78 is 6.16. The number of para-hydroxylation sites is 2. The summed E-state index contributed by atoms with van der Waals surface area (Å²) in [4.78, 5) is 1.24. The van der Waals surface area contributed by atoms with Crippen molar-refractivity contribution < 1.29 is 0 Å². The van der Waals surface area contributed by atoms with Crippen molar-refractivity contribution in [2.45, 2.75) is 6.92 Å².